The summed E-state index contributed by atoms with van der Waals surface area (Å²) in [6.45, 7) is 2.97. The van der Waals surface area contributed by atoms with Gasteiger partial charge in [0.05, 0.1) is 24.0 Å². The molecular weight excluding hydrogens is 431 g/mol. The van der Waals surface area contributed by atoms with Gasteiger partial charge in [-0.15, -0.1) is 0 Å². The average molecular weight is 453 g/mol. The molecule has 158 valence electrons. The zero-order chi connectivity index (χ0) is 21.5. The van der Waals surface area contributed by atoms with Crippen LogP contribution in [-0.2, 0) is 0 Å². The van der Waals surface area contributed by atoms with Gasteiger partial charge in [-0.25, -0.2) is 9.50 Å². The molecule has 1 fully saturated rings. The molecule has 0 spiro atoms. The monoisotopic (exact) mass is 452 g/mol. The van der Waals surface area contributed by atoms with Crippen molar-refractivity contribution >= 4 is 34.7 Å². The lowest BCUT2D eigenvalue weighted by Crippen LogP contribution is -2.32. The third-order valence-electron chi connectivity index (χ3n) is 5.89. The molecule has 5 rings (SSSR count). The van der Waals surface area contributed by atoms with Crippen LogP contribution in [0, 0.1) is 6.92 Å². The molecule has 3 heterocycles. The summed E-state index contributed by atoms with van der Waals surface area (Å²) < 4.78 is 1.89. The van der Waals surface area contributed by atoms with E-state index < -0.39 is 0 Å². The SMILES string of the molecule is Cc1nn2c(-c3cccc(Cl)c3)cc(N3CCCC3CO)nc2c1-c1ccc(Cl)cc1. The van der Waals surface area contributed by atoms with Crippen molar-refractivity contribution in [2.45, 2.75) is 25.8 Å². The van der Waals surface area contributed by atoms with Gasteiger partial charge in [0.15, 0.2) is 5.65 Å². The standard InChI is InChI=1S/C24H22Cl2N4O/c1-15-23(16-7-9-18(25)10-8-16)24-27-22(29-11-3-6-20(29)14-31)13-21(30(24)28-15)17-4-2-5-19(26)12-17/h2,4-5,7-10,12-13,20,31H,3,6,11,14H2,1H3. The van der Waals surface area contributed by atoms with Crippen molar-refractivity contribution in [3.05, 3.63) is 70.3 Å². The van der Waals surface area contributed by atoms with Gasteiger partial charge in [0.25, 0.3) is 0 Å². The Kier molecular flexibility index (Phi) is 5.34. The van der Waals surface area contributed by atoms with Gasteiger partial charge in [0, 0.05) is 33.8 Å². The van der Waals surface area contributed by atoms with Crippen LogP contribution in [0.2, 0.25) is 10.0 Å². The number of aliphatic hydroxyl groups excluding tert-OH is 1. The highest BCUT2D eigenvalue weighted by atomic mass is 35.5. The number of aliphatic hydroxyl groups is 1. The second-order valence-electron chi connectivity index (χ2n) is 7.88. The number of anilines is 1. The maximum Gasteiger partial charge on any atom is 0.166 e. The van der Waals surface area contributed by atoms with Gasteiger partial charge in [0.2, 0.25) is 0 Å². The van der Waals surface area contributed by atoms with Crippen LogP contribution >= 0.6 is 23.2 Å². The highest BCUT2D eigenvalue weighted by Crippen LogP contribution is 2.35. The van der Waals surface area contributed by atoms with Gasteiger partial charge in [0.1, 0.15) is 5.82 Å². The van der Waals surface area contributed by atoms with Gasteiger partial charge in [-0.2, -0.15) is 5.10 Å². The molecule has 4 aromatic rings. The smallest absolute Gasteiger partial charge is 0.166 e. The molecule has 31 heavy (non-hydrogen) atoms. The Labute approximate surface area is 190 Å². The topological polar surface area (TPSA) is 53.7 Å². The fourth-order valence-corrected chi connectivity index (χ4v) is 4.71. The third-order valence-corrected chi connectivity index (χ3v) is 6.37. The Morgan fingerprint density at radius 1 is 1.03 bits per heavy atom. The zero-order valence-corrected chi connectivity index (χ0v) is 18.6. The van der Waals surface area contributed by atoms with Crippen molar-refractivity contribution in [1.82, 2.24) is 14.6 Å². The van der Waals surface area contributed by atoms with Crippen LogP contribution in [0.4, 0.5) is 5.82 Å². The molecule has 1 aliphatic rings. The second-order valence-corrected chi connectivity index (χ2v) is 8.76. The van der Waals surface area contributed by atoms with E-state index in [1.807, 2.05) is 66.0 Å². The molecule has 7 heteroatoms. The average Bonchev–Trinajstić information content (AvgIpc) is 3.37. The van der Waals surface area contributed by atoms with E-state index in [-0.39, 0.29) is 12.6 Å². The number of rotatable bonds is 4. The van der Waals surface area contributed by atoms with Gasteiger partial charge in [-0.05, 0) is 49.6 Å². The minimum atomic E-state index is 0.0742. The molecule has 2 aromatic heterocycles. The molecule has 0 bridgehead atoms. The number of benzene rings is 2. The van der Waals surface area contributed by atoms with Crippen molar-refractivity contribution in [2.75, 3.05) is 18.1 Å². The molecule has 1 unspecified atom stereocenters. The van der Waals surface area contributed by atoms with E-state index in [0.717, 1.165) is 58.9 Å². The van der Waals surface area contributed by atoms with E-state index in [2.05, 4.69) is 4.90 Å². The maximum absolute atomic E-state index is 9.88. The highest BCUT2D eigenvalue weighted by Gasteiger charge is 2.27. The number of halogens is 2. The van der Waals surface area contributed by atoms with E-state index in [0.29, 0.717) is 10.0 Å². The van der Waals surface area contributed by atoms with E-state index in [9.17, 15) is 5.11 Å². The van der Waals surface area contributed by atoms with Crippen molar-refractivity contribution in [1.29, 1.82) is 0 Å². The predicted octanol–water partition coefficient (Wildman–Crippen LogP) is 5.64. The summed E-state index contributed by atoms with van der Waals surface area (Å²) in [5.41, 5.74) is 5.52. The molecule has 1 aliphatic heterocycles. The summed E-state index contributed by atoms with van der Waals surface area (Å²) in [5.74, 6) is 0.842. The van der Waals surface area contributed by atoms with Crippen molar-refractivity contribution < 1.29 is 5.11 Å². The van der Waals surface area contributed by atoms with Crippen molar-refractivity contribution in [3.63, 3.8) is 0 Å². The first-order valence-corrected chi connectivity index (χ1v) is 11.1. The molecule has 1 atom stereocenters. The molecule has 5 nitrogen and oxygen atoms in total. The lowest BCUT2D eigenvalue weighted by molar-refractivity contribution is 0.266. The van der Waals surface area contributed by atoms with Gasteiger partial charge in [-0.3, -0.25) is 0 Å². The first-order chi connectivity index (χ1) is 15.0. The predicted molar refractivity (Wildman–Crippen MR) is 126 cm³/mol. The minimum Gasteiger partial charge on any atom is -0.394 e. The summed E-state index contributed by atoms with van der Waals surface area (Å²) in [6, 6.07) is 17.6. The summed E-state index contributed by atoms with van der Waals surface area (Å²) in [7, 11) is 0. The quantitative estimate of drug-likeness (QED) is 0.435. The molecule has 0 aliphatic carbocycles. The lowest BCUT2D eigenvalue weighted by atomic mass is 10.1. The Morgan fingerprint density at radius 2 is 1.84 bits per heavy atom. The van der Waals surface area contributed by atoms with E-state index in [1.165, 1.54) is 0 Å². The number of nitrogens with zero attached hydrogens (tertiary/aromatic N) is 4. The molecule has 1 N–H and O–H groups in total. The van der Waals surface area contributed by atoms with E-state index in [4.69, 9.17) is 33.3 Å². The molecule has 2 aromatic carbocycles. The normalized spacial score (nSPS) is 16.4. The summed E-state index contributed by atoms with van der Waals surface area (Å²) in [5, 5.41) is 16.1. The Hall–Kier alpha value is -2.60. The fourth-order valence-electron chi connectivity index (χ4n) is 4.39. The minimum absolute atomic E-state index is 0.0742. The Bertz CT molecular complexity index is 1250. The van der Waals surface area contributed by atoms with Crippen LogP contribution in [0.25, 0.3) is 28.0 Å². The lowest BCUT2D eigenvalue weighted by Gasteiger charge is -2.25. The number of hydrogen-bond donors (Lipinski definition) is 1. The van der Waals surface area contributed by atoms with Gasteiger partial charge in [-0.1, -0.05) is 47.5 Å². The van der Waals surface area contributed by atoms with Crippen molar-refractivity contribution in [2.24, 2.45) is 0 Å². The Morgan fingerprint density at radius 3 is 2.58 bits per heavy atom. The maximum atomic E-state index is 9.88. The second kappa shape index (κ2) is 8.15. The van der Waals surface area contributed by atoms with Crippen LogP contribution in [0.5, 0.6) is 0 Å². The molecule has 1 saturated heterocycles. The number of hydrogen-bond acceptors (Lipinski definition) is 4. The van der Waals surface area contributed by atoms with Gasteiger partial charge >= 0.3 is 0 Å². The molecule has 0 saturated carbocycles. The molecule has 0 amide bonds. The summed E-state index contributed by atoms with van der Waals surface area (Å²) in [4.78, 5) is 7.23. The number of aryl methyl sites for hydroxylation is 1. The van der Waals surface area contributed by atoms with E-state index in [1.54, 1.807) is 0 Å². The zero-order valence-electron chi connectivity index (χ0n) is 17.1. The van der Waals surface area contributed by atoms with Crippen LogP contribution in [0.3, 0.4) is 0 Å². The first-order valence-electron chi connectivity index (χ1n) is 10.3. The highest BCUT2D eigenvalue weighted by molar-refractivity contribution is 6.31. The van der Waals surface area contributed by atoms with E-state index >= 15 is 0 Å². The van der Waals surface area contributed by atoms with Crippen molar-refractivity contribution in [3.8, 4) is 22.4 Å². The van der Waals surface area contributed by atoms with Crippen LogP contribution < -0.4 is 4.90 Å². The number of fused-ring (bicyclic) bond motifs is 1. The first kappa shape index (κ1) is 20.3. The van der Waals surface area contributed by atoms with Crippen LogP contribution in [0.1, 0.15) is 18.5 Å². The number of aromatic nitrogens is 3. The third kappa shape index (κ3) is 3.67. The fraction of sp³-hybridized carbons (Fsp3) is 0.250. The van der Waals surface area contributed by atoms with Crippen LogP contribution in [0.15, 0.2) is 54.6 Å². The Balaban J connectivity index is 1.79. The molecule has 0 radical (unpaired) electrons. The summed E-state index contributed by atoms with van der Waals surface area (Å²) >= 11 is 12.4. The van der Waals surface area contributed by atoms with Gasteiger partial charge < -0.3 is 10.0 Å². The largest absolute Gasteiger partial charge is 0.394 e. The molecular formula is C24H22Cl2N4O. The summed E-state index contributed by atoms with van der Waals surface area (Å²) in [6.07, 6.45) is 1.99. The van der Waals surface area contributed by atoms with Crippen LogP contribution in [-0.4, -0.2) is 38.9 Å².